The van der Waals surface area contributed by atoms with E-state index in [1.807, 2.05) is 0 Å². The maximum absolute atomic E-state index is 0. The molecule has 0 saturated heterocycles. The molecular weight excluding hydrogens is 210 g/mol. The molecule has 0 aliphatic heterocycles. The summed E-state index contributed by atoms with van der Waals surface area (Å²) in [6.45, 7) is 0. The van der Waals surface area contributed by atoms with Gasteiger partial charge in [-0.25, -0.2) is 0 Å². The summed E-state index contributed by atoms with van der Waals surface area (Å²) in [5, 5.41) is 0. The molecule has 0 bridgehead atoms. The van der Waals surface area contributed by atoms with Crippen molar-refractivity contribution in [3.8, 4) is 0 Å². The Morgan fingerprint density at radius 3 is 0.300 bits per heavy atom. The lowest BCUT2D eigenvalue weighted by Crippen LogP contribution is -0.382. The summed E-state index contributed by atoms with van der Waals surface area (Å²) < 4.78 is 0. The summed E-state index contributed by atoms with van der Waals surface area (Å²) in [5.41, 5.74) is 0. The van der Waals surface area contributed by atoms with Crippen LogP contribution in [0.1, 0.15) is 38.3 Å². The van der Waals surface area contributed by atoms with Gasteiger partial charge in [0, 0.05) is 113 Å². The van der Waals surface area contributed by atoms with Crippen molar-refractivity contribution < 1.29 is 8.56 Å². The largest absolute Gasteiger partial charge is 0.0776 e. The van der Waals surface area contributed by atoms with E-state index in [0.717, 1.165) is 0 Å². The number of rotatable bonds is 0. The predicted molar refractivity (Wildman–Crippen MR) is 74.1 cm³/mol. The third-order valence-electron chi connectivity index (χ3n) is 0. The van der Waals surface area contributed by atoms with Gasteiger partial charge in [0.05, 0.1) is 0 Å². The van der Waals surface area contributed by atoms with E-state index in [0.29, 0.717) is 0 Å². The van der Waals surface area contributed by atoms with Crippen molar-refractivity contribution in [2.24, 2.45) is 0 Å². The molecule has 0 amide bonds. The van der Waals surface area contributed by atoms with Crippen LogP contribution in [-0.4, -0.2) is 104 Å². The average molecular weight is 238 g/mol. The molecule has 62 valence electrons. The second-order valence-corrected chi connectivity index (χ2v) is 0. The van der Waals surface area contributed by atoms with Gasteiger partial charge < -0.3 is 0 Å². The SMILES string of the molecule is C.C.C.C.[Al].[Al].[Al].[Al].[Al].[Al].[HH].[HH].[HH].[HH].[HH].[HH]. The first kappa shape index (κ1) is 192. The molecule has 18 radical (unpaired) electrons. The van der Waals surface area contributed by atoms with Crippen molar-refractivity contribution in [2.45, 2.75) is 29.7 Å². The zero-order valence-electron chi connectivity index (χ0n) is 3.46. The van der Waals surface area contributed by atoms with Crippen LogP contribution >= 0.6 is 0 Å². The van der Waals surface area contributed by atoms with Gasteiger partial charge in [0.1, 0.15) is 0 Å². The van der Waals surface area contributed by atoms with Crippen molar-refractivity contribution in [1.29, 1.82) is 0 Å². The third kappa shape index (κ3) is 114. The zero-order chi connectivity index (χ0) is 0. The topological polar surface area (TPSA) is 0 Å². The molecule has 0 aliphatic carbocycles. The van der Waals surface area contributed by atoms with Crippen molar-refractivity contribution in [3.05, 3.63) is 0 Å². The fourth-order valence-corrected chi connectivity index (χ4v) is 0. The molecular formula is C4H28Al6. The molecule has 0 fully saturated rings. The highest BCUT2D eigenvalue weighted by Gasteiger charge is 0.00530. The van der Waals surface area contributed by atoms with E-state index < -0.39 is 0 Å². The molecule has 0 aromatic rings. The van der Waals surface area contributed by atoms with Crippen molar-refractivity contribution >= 4 is 104 Å². The molecule has 0 aromatic heterocycles. The fraction of sp³-hybridized carbons (Fsp3) is 1.00. The van der Waals surface area contributed by atoms with Gasteiger partial charge in [-0.15, -0.1) is 0 Å². The van der Waals surface area contributed by atoms with Crippen LogP contribution in [0.15, 0.2) is 0 Å². The van der Waals surface area contributed by atoms with Crippen LogP contribution < -0.4 is 0 Å². The summed E-state index contributed by atoms with van der Waals surface area (Å²) in [7, 11) is 0. The van der Waals surface area contributed by atoms with Crippen LogP contribution in [0.2, 0.25) is 0 Å². The molecule has 0 atom stereocenters. The summed E-state index contributed by atoms with van der Waals surface area (Å²) in [6.07, 6.45) is 0. The molecule has 0 aromatic carbocycles. The molecule has 10 heavy (non-hydrogen) atoms. The Bertz CT molecular complexity index is 25.0. The first-order valence-electron chi connectivity index (χ1n) is 0. The number of hydrogen-bond donors (Lipinski definition) is 0. The van der Waals surface area contributed by atoms with Gasteiger partial charge in [0.25, 0.3) is 0 Å². The lowest BCUT2D eigenvalue weighted by Gasteiger charge is -0.0786. The molecule has 6 heteroatoms. The van der Waals surface area contributed by atoms with Crippen molar-refractivity contribution in [3.63, 3.8) is 0 Å². The van der Waals surface area contributed by atoms with Gasteiger partial charge in [-0.1, -0.05) is 29.7 Å². The Balaban J connectivity index is 0. The van der Waals surface area contributed by atoms with Gasteiger partial charge in [0.15, 0.2) is 0 Å². The first-order valence-corrected chi connectivity index (χ1v) is 0. The summed E-state index contributed by atoms with van der Waals surface area (Å²) in [6, 6.07) is 0. The second kappa shape index (κ2) is 150. The molecule has 0 rings (SSSR count). The maximum Gasteiger partial charge on any atom is 0 e. The normalized spacial score (nSPS) is 0. The van der Waals surface area contributed by atoms with E-state index >= 15 is 0 Å². The fourth-order valence-electron chi connectivity index (χ4n) is 0. The van der Waals surface area contributed by atoms with E-state index in [1.165, 1.54) is 0 Å². The quantitative estimate of drug-likeness (QED) is 0.564. The number of hydrogen-bond acceptors (Lipinski definition) is 0. The van der Waals surface area contributed by atoms with E-state index in [-0.39, 0.29) is 142 Å². The minimum Gasteiger partial charge on any atom is -0.0776 e. The van der Waals surface area contributed by atoms with Crippen LogP contribution in [0.3, 0.4) is 0 Å². The van der Waals surface area contributed by atoms with Crippen LogP contribution in [0.5, 0.6) is 0 Å². The van der Waals surface area contributed by atoms with Gasteiger partial charge in [-0.3, -0.25) is 0 Å². The highest BCUT2D eigenvalue weighted by atomic mass is 27.0. The lowest BCUT2D eigenvalue weighted by molar-refractivity contribution is 2.50. The highest BCUT2D eigenvalue weighted by molar-refractivity contribution is 5.76. The Morgan fingerprint density at radius 2 is 0.300 bits per heavy atom. The van der Waals surface area contributed by atoms with Crippen LogP contribution in [-0.2, 0) is 0 Å². The molecule has 0 nitrogen and oxygen atoms in total. The minimum absolute atomic E-state index is 0. The first-order chi connectivity index (χ1) is 0. The maximum atomic E-state index is 0. The zero-order valence-corrected chi connectivity index (χ0v) is 10.4. The predicted octanol–water partition coefficient (Wildman–Crippen LogP) is 1.74. The minimum atomic E-state index is 0. The van der Waals surface area contributed by atoms with E-state index in [9.17, 15) is 0 Å². The Morgan fingerprint density at radius 1 is 0.300 bits per heavy atom. The van der Waals surface area contributed by atoms with Crippen molar-refractivity contribution in [1.82, 2.24) is 0 Å². The van der Waals surface area contributed by atoms with Crippen LogP contribution in [0.25, 0.3) is 0 Å². The molecule has 0 saturated carbocycles. The van der Waals surface area contributed by atoms with Gasteiger partial charge >= 0.3 is 0 Å². The second-order valence-electron chi connectivity index (χ2n) is 0. The van der Waals surface area contributed by atoms with Gasteiger partial charge in [-0.05, 0) is 0 Å². The summed E-state index contributed by atoms with van der Waals surface area (Å²) in [5.74, 6) is 0. The Labute approximate surface area is 141 Å². The Hall–Kier alpha value is 3.19. The molecule has 0 aliphatic rings. The monoisotopic (exact) mass is 238 g/mol. The van der Waals surface area contributed by atoms with Gasteiger partial charge in [0.2, 0.25) is 0 Å². The van der Waals surface area contributed by atoms with Crippen molar-refractivity contribution in [2.75, 3.05) is 0 Å². The van der Waals surface area contributed by atoms with E-state index in [4.69, 9.17) is 0 Å². The van der Waals surface area contributed by atoms with Gasteiger partial charge in [-0.2, -0.15) is 0 Å². The Kier molecular flexibility index (Phi) is 2880. The summed E-state index contributed by atoms with van der Waals surface area (Å²) in [4.78, 5) is 0. The molecule has 0 spiro atoms. The lowest BCUT2D eigenvalue weighted by atomic mass is 12.0. The summed E-state index contributed by atoms with van der Waals surface area (Å²) >= 11 is 0. The van der Waals surface area contributed by atoms with Crippen LogP contribution in [0.4, 0.5) is 0 Å². The highest BCUT2D eigenvalue weighted by Crippen LogP contribution is 0.147. The molecule has 0 N–H and O–H groups in total. The third-order valence-corrected chi connectivity index (χ3v) is 0. The van der Waals surface area contributed by atoms with E-state index in [2.05, 4.69) is 0 Å². The van der Waals surface area contributed by atoms with E-state index in [1.54, 1.807) is 0 Å². The smallest absolute Gasteiger partial charge is 0 e. The average Bonchev–Trinajstić information content (AvgIpc) is 0. The van der Waals surface area contributed by atoms with Crippen LogP contribution in [0, 0.1) is 0 Å². The molecule has 0 heterocycles. The standard InChI is InChI=1S/4CH4.6Al.6H2/h4*1H4;;;;;;;6*1H. The molecule has 0 unspecified atom stereocenters.